The first kappa shape index (κ1) is 24.7. The molecule has 0 aliphatic carbocycles. The first-order valence-corrected chi connectivity index (χ1v) is 11.1. The van der Waals surface area contributed by atoms with Gasteiger partial charge in [-0.2, -0.15) is 4.80 Å². The molecule has 0 fully saturated rings. The van der Waals surface area contributed by atoms with E-state index in [0.717, 1.165) is 15.8 Å². The number of nitrogens with zero attached hydrogens (tertiary/aromatic N) is 5. The molecule has 0 bridgehead atoms. The number of nitrogens with one attached hydrogen (secondary N) is 1. The highest BCUT2D eigenvalue weighted by Crippen LogP contribution is 2.30. The molecule has 36 heavy (non-hydrogen) atoms. The van der Waals surface area contributed by atoms with E-state index < -0.39 is 41.6 Å². The van der Waals surface area contributed by atoms with Crippen LogP contribution in [0.5, 0.6) is 0 Å². The summed E-state index contributed by atoms with van der Waals surface area (Å²) in [6.07, 6.45) is 1.38. The van der Waals surface area contributed by atoms with E-state index in [1.165, 1.54) is 48.7 Å². The Morgan fingerprint density at radius 3 is 2.44 bits per heavy atom. The minimum atomic E-state index is -1.24. The van der Waals surface area contributed by atoms with Crippen LogP contribution < -0.4 is 10.2 Å². The molecule has 4 aromatic rings. The van der Waals surface area contributed by atoms with Gasteiger partial charge in [0.15, 0.2) is 6.04 Å². The lowest BCUT2D eigenvalue weighted by molar-refractivity contribution is -0.128. The number of halogens is 2. The summed E-state index contributed by atoms with van der Waals surface area (Å²) >= 11 is 0. The summed E-state index contributed by atoms with van der Waals surface area (Å²) in [5, 5.41) is 14.9. The molecular weight excluding hydrogens is 470 g/mol. The summed E-state index contributed by atoms with van der Waals surface area (Å²) in [7, 11) is 0. The van der Waals surface area contributed by atoms with Crippen LogP contribution in [0.1, 0.15) is 32.6 Å². The Morgan fingerprint density at radius 2 is 1.81 bits per heavy atom. The number of tetrazole rings is 1. The number of rotatable bonds is 7. The van der Waals surface area contributed by atoms with Gasteiger partial charge in [0.25, 0.3) is 11.8 Å². The van der Waals surface area contributed by atoms with Crippen molar-refractivity contribution in [2.75, 3.05) is 4.90 Å². The van der Waals surface area contributed by atoms with E-state index in [0.29, 0.717) is 5.56 Å². The molecule has 0 spiro atoms. The first-order valence-electron chi connectivity index (χ1n) is 11.1. The molecule has 9 nitrogen and oxygen atoms in total. The van der Waals surface area contributed by atoms with Crippen molar-refractivity contribution < 1.29 is 22.8 Å². The fourth-order valence-electron chi connectivity index (χ4n) is 3.54. The van der Waals surface area contributed by atoms with Gasteiger partial charge in [0, 0.05) is 16.8 Å². The number of hydrogen-bond acceptors (Lipinski definition) is 6. The molecule has 1 N–H and O–H groups in total. The summed E-state index contributed by atoms with van der Waals surface area (Å²) < 4.78 is 32.9. The predicted octanol–water partition coefficient (Wildman–Crippen LogP) is 3.90. The molecule has 0 aliphatic heterocycles. The Kier molecular flexibility index (Phi) is 6.91. The highest BCUT2D eigenvalue weighted by Gasteiger charge is 2.36. The van der Waals surface area contributed by atoms with Gasteiger partial charge in [-0.3, -0.25) is 14.5 Å². The second-order valence-corrected chi connectivity index (χ2v) is 9.05. The van der Waals surface area contributed by atoms with Crippen molar-refractivity contribution >= 4 is 17.5 Å². The maximum atomic E-state index is 14.2. The molecule has 0 saturated heterocycles. The van der Waals surface area contributed by atoms with E-state index >= 15 is 0 Å². The zero-order valence-electron chi connectivity index (χ0n) is 19.9. The third-order valence-corrected chi connectivity index (χ3v) is 5.00. The van der Waals surface area contributed by atoms with Crippen LogP contribution in [0.3, 0.4) is 0 Å². The fourth-order valence-corrected chi connectivity index (χ4v) is 3.54. The molecular formula is C25H24F2N6O3. The Bertz CT molecular complexity index is 1350. The van der Waals surface area contributed by atoms with Crippen molar-refractivity contribution in [1.29, 1.82) is 0 Å². The Morgan fingerprint density at radius 1 is 1.06 bits per heavy atom. The van der Waals surface area contributed by atoms with E-state index in [1.54, 1.807) is 32.9 Å². The van der Waals surface area contributed by atoms with Crippen LogP contribution in [0.15, 0.2) is 71.3 Å². The first-order chi connectivity index (χ1) is 17.1. The number of benzene rings is 2. The van der Waals surface area contributed by atoms with Crippen LogP contribution >= 0.6 is 0 Å². The van der Waals surface area contributed by atoms with Gasteiger partial charge in [0.05, 0.1) is 6.26 Å². The smallest absolute Gasteiger partial charge is 0.251 e. The average molecular weight is 495 g/mol. The summed E-state index contributed by atoms with van der Waals surface area (Å²) in [4.78, 5) is 29.2. The molecule has 2 amide bonds. The van der Waals surface area contributed by atoms with Gasteiger partial charge >= 0.3 is 0 Å². The van der Waals surface area contributed by atoms with Crippen molar-refractivity contribution in [3.63, 3.8) is 0 Å². The third-order valence-electron chi connectivity index (χ3n) is 5.00. The Labute approximate surface area is 205 Å². The van der Waals surface area contributed by atoms with Gasteiger partial charge < -0.3 is 9.73 Å². The van der Waals surface area contributed by atoms with Crippen molar-refractivity contribution in [3.05, 3.63) is 84.3 Å². The minimum Gasteiger partial charge on any atom is -0.467 e. The quantitative estimate of drug-likeness (QED) is 0.418. The molecule has 2 aromatic carbocycles. The number of carbonyl (C=O) groups excluding carboxylic acids is 2. The number of hydrogen-bond donors (Lipinski definition) is 1. The van der Waals surface area contributed by atoms with Gasteiger partial charge in [0.1, 0.15) is 23.9 Å². The zero-order chi connectivity index (χ0) is 25.9. The maximum Gasteiger partial charge on any atom is 0.251 e. The molecule has 11 heteroatoms. The van der Waals surface area contributed by atoms with E-state index in [1.807, 2.05) is 0 Å². The fraction of sp³-hybridized carbons (Fsp3) is 0.240. The molecule has 1 atom stereocenters. The van der Waals surface area contributed by atoms with Crippen LogP contribution in [0.4, 0.5) is 14.5 Å². The molecule has 0 aliphatic rings. The van der Waals surface area contributed by atoms with Crippen LogP contribution in [-0.4, -0.2) is 37.6 Å². The summed E-state index contributed by atoms with van der Waals surface area (Å²) in [5.74, 6) is -1.76. The lowest BCUT2D eigenvalue weighted by Crippen LogP contribution is -2.50. The number of amides is 2. The topological polar surface area (TPSA) is 106 Å². The van der Waals surface area contributed by atoms with E-state index in [4.69, 9.17) is 4.42 Å². The molecule has 0 unspecified atom stereocenters. The summed E-state index contributed by atoms with van der Waals surface area (Å²) in [6.45, 7) is 4.99. The highest BCUT2D eigenvalue weighted by molar-refractivity contribution is 6.01. The van der Waals surface area contributed by atoms with Gasteiger partial charge in [-0.05, 0) is 80.6 Å². The number of anilines is 1. The molecule has 4 rings (SSSR count). The van der Waals surface area contributed by atoms with E-state index in [9.17, 15) is 18.4 Å². The number of carbonyl (C=O) groups is 2. The lowest BCUT2D eigenvalue weighted by atomic mass is 10.1. The van der Waals surface area contributed by atoms with Crippen LogP contribution in [-0.2, 0) is 16.1 Å². The maximum absolute atomic E-state index is 14.2. The van der Waals surface area contributed by atoms with Crippen molar-refractivity contribution in [1.82, 2.24) is 25.5 Å². The monoisotopic (exact) mass is 494 g/mol. The SMILES string of the molecule is CC(C)(C)NC(=O)[C@@H](c1ccco1)N(C(=O)Cn1nnc(-c2ccc(F)cc2)n1)c1cccc(F)c1. The van der Waals surface area contributed by atoms with Crippen molar-refractivity contribution in [2.45, 2.75) is 38.9 Å². The predicted molar refractivity (Wildman–Crippen MR) is 126 cm³/mol. The normalized spacial score (nSPS) is 12.2. The van der Waals surface area contributed by atoms with Gasteiger partial charge in [-0.15, -0.1) is 10.2 Å². The Hall–Kier alpha value is -4.41. The average Bonchev–Trinajstić information content (AvgIpc) is 3.49. The zero-order valence-corrected chi connectivity index (χ0v) is 19.9. The minimum absolute atomic E-state index is 0.143. The van der Waals surface area contributed by atoms with Gasteiger partial charge in [0.2, 0.25) is 5.82 Å². The van der Waals surface area contributed by atoms with Gasteiger partial charge in [-0.25, -0.2) is 8.78 Å². The molecule has 2 aromatic heterocycles. The van der Waals surface area contributed by atoms with Crippen molar-refractivity contribution in [2.24, 2.45) is 0 Å². The highest BCUT2D eigenvalue weighted by atomic mass is 19.1. The lowest BCUT2D eigenvalue weighted by Gasteiger charge is -2.32. The van der Waals surface area contributed by atoms with E-state index in [-0.39, 0.29) is 17.3 Å². The number of aromatic nitrogens is 4. The van der Waals surface area contributed by atoms with Crippen LogP contribution in [0, 0.1) is 11.6 Å². The Balaban J connectivity index is 1.70. The second kappa shape index (κ2) is 10.1. The second-order valence-electron chi connectivity index (χ2n) is 9.05. The molecule has 0 radical (unpaired) electrons. The third kappa shape index (κ3) is 5.80. The van der Waals surface area contributed by atoms with Crippen molar-refractivity contribution in [3.8, 4) is 11.4 Å². The summed E-state index contributed by atoms with van der Waals surface area (Å²) in [6, 6.07) is 12.7. The molecule has 0 saturated carbocycles. The molecule has 2 heterocycles. The van der Waals surface area contributed by atoms with Crippen LogP contribution in [0.2, 0.25) is 0 Å². The largest absolute Gasteiger partial charge is 0.467 e. The van der Waals surface area contributed by atoms with Crippen LogP contribution in [0.25, 0.3) is 11.4 Å². The van der Waals surface area contributed by atoms with Gasteiger partial charge in [-0.1, -0.05) is 6.07 Å². The molecule has 186 valence electrons. The van der Waals surface area contributed by atoms with E-state index in [2.05, 4.69) is 20.7 Å². The summed E-state index contributed by atoms with van der Waals surface area (Å²) in [5.41, 5.74) is 0.0373. The number of furan rings is 1. The standard InChI is InChI=1S/C25H24F2N6O3/c1-25(2,3)28-24(35)22(20-8-5-13-36-20)33(19-7-4-6-18(27)14-19)21(34)15-32-30-23(29-31-32)16-9-11-17(26)12-10-16/h4-14,22H,15H2,1-3H3,(H,28,35)/t22-/m1/s1.